The maximum atomic E-state index is 12.6. The monoisotopic (exact) mass is 387 g/mol. The Morgan fingerprint density at radius 1 is 1.16 bits per heavy atom. The molecule has 0 heterocycles. The van der Waals surface area contributed by atoms with Crippen molar-refractivity contribution in [2.75, 3.05) is 0 Å². The van der Waals surface area contributed by atoms with Gasteiger partial charge in [-0.15, -0.1) is 0 Å². The first-order valence-electron chi connectivity index (χ1n) is 6.58. The zero-order valence-electron chi connectivity index (χ0n) is 12.2. The number of phenols is 1. The number of hydrogen-bond donors (Lipinski definition) is 1. The Morgan fingerprint density at radius 2 is 1.76 bits per heavy atom. The standard InChI is InChI=1S/C16H9ClF3NO3S/c17-15-8-12(22)4-1-10(15)7-14(9-21)25(23,24)13-5-2-11(3-6-13)16(18,19)20/h1-8,22H/b14-7-. The average Bonchev–Trinajstić information content (AvgIpc) is 2.53. The molecular weight excluding hydrogens is 379 g/mol. The minimum atomic E-state index is -4.60. The van der Waals surface area contributed by atoms with Crippen LogP contribution < -0.4 is 0 Å². The SMILES string of the molecule is N#C/C(=C/c1ccc(O)cc1Cl)S(=O)(=O)c1ccc(C(F)(F)F)cc1. The van der Waals surface area contributed by atoms with Crippen molar-refractivity contribution in [3.8, 4) is 11.8 Å². The normalized spacial score (nSPS) is 12.7. The first-order valence-corrected chi connectivity index (χ1v) is 8.44. The van der Waals surface area contributed by atoms with Crippen molar-refractivity contribution in [3.63, 3.8) is 0 Å². The van der Waals surface area contributed by atoms with Crippen molar-refractivity contribution in [2.24, 2.45) is 0 Å². The zero-order chi connectivity index (χ0) is 18.8. The van der Waals surface area contributed by atoms with E-state index in [2.05, 4.69) is 0 Å². The molecule has 9 heteroatoms. The summed E-state index contributed by atoms with van der Waals surface area (Å²) in [4.78, 5) is -1.15. The van der Waals surface area contributed by atoms with Crippen molar-refractivity contribution in [2.45, 2.75) is 11.1 Å². The Hall–Kier alpha value is -2.50. The number of nitrogens with zero attached hydrogens (tertiary/aromatic N) is 1. The summed E-state index contributed by atoms with van der Waals surface area (Å²) in [6.45, 7) is 0. The van der Waals surface area contributed by atoms with Crippen molar-refractivity contribution in [1.82, 2.24) is 0 Å². The number of alkyl halides is 3. The van der Waals surface area contributed by atoms with Gasteiger partial charge >= 0.3 is 6.18 Å². The van der Waals surface area contributed by atoms with Gasteiger partial charge in [0.1, 0.15) is 16.7 Å². The van der Waals surface area contributed by atoms with Crippen LogP contribution in [0.4, 0.5) is 13.2 Å². The predicted octanol–water partition coefficient (Wildman–Crippen LogP) is 4.40. The molecule has 0 bridgehead atoms. The fraction of sp³-hybridized carbons (Fsp3) is 0.0625. The van der Waals surface area contributed by atoms with Gasteiger partial charge in [-0.2, -0.15) is 18.4 Å². The number of benzene rings is 2. The molecule has 0 saturated carbocycles. The number of phenolic OH excluding ortho intramolecular Hbond substituents is 1. The maximum absolute atomic E-state index is 12.6. The summed E-state index contributed by atoms with van der Waals surface area (Å²) in [5.74, 6) is -0.147. The number of sulfone groups is 1. The fourth-order valence-electron chi connectivity index (χ4n) is 1.89. The zero-order valence-corrected chi connectivity index (χ0v) is 13.8. The number of rotatable bonds is 3. The molecule has 0 aliphatic rings. The molecule has 0 saturated heterocycles. The summed E-state index contributed by atoms with van der Waals surface area (Å²) in [7, 11) is -4.33. The van der Waals surface area contributed by atoms with E-state index in [1.54, 1.807) is 0 Å². The van der Waals surface area contributed by atoms with E-state index in [4.69, 9.17) is 16.9 Å². The third kappa shape index (κ3) is 4.13. The highest BCUT2D eigenvalue weighted by Gasteiger charge is 2.31. The quantitative estimate of drug-likeness (QED) is 0.791. The van der Waals surface area contributed by atoms with Gasteiger partial charge in [0, 0.05) is 0 Å². The summed E-state index contributed by atoms with van der Waals surface area (Å²) in [5.41, 5.74) is -0.845. The van der Waals surface area contributed by atoms with E-state index >= 15 is 0 Å². The molecule has 0 radical (unpaired) electrons. The summed E-state index contributed by atoms with van der Waals surface area (Å²) in [6, 6.07) is 8.02. The van der Waals surface area contributed by atoms with Gasteiger partial charge in [0.05, 0.1) is 15.5 Å². The van der Waals surface area contributed by atoms with Crippen molar-refractivity contribution < 1.29 is 26.7 Å². The van der Waals surface area contributed by atoms with Gasteiger partial charge in [-0.1, -0.05) is 11.6 Å². The molecule has 130 valence electrons. The van der Waals surface area contributed by atoms with Crippen LogP contribution in [0, 0.1) is 11.3 Å². The van der Waals surface area contributed by atoms with E-state index in [9.17, 15) is 26.7 Å². The Labute approximate surface area is 146 Å². The van der Waals surface area contributed by atoms with Gasteiger partial charge in [0.15, 0.2) is 0 Å². The summed E-state index contributed by atoms with van der Waals surface area (Å²) < 4.78 is 62.6. The molecule has 0 atom stereocenters. The van der Waals surface area contributed by atoms with Crippen LogP contribution in [0.1, 0.15) is 11.1 Å². The van der Waals surface area contributed by atoms with E-state index in [1.807, 2.05) is 0 Å². The highest BCUT2D eigenvalue weighted by Crippen LogP contribution is 2.31. The molecule has 25 heavy (non-hydrogen) atoms. The van der Waals surface area contributed by atoms with Crippen LogP contribution in [-0.4, -0.2) is 13.5 Å². The number of hydrogen-bond acceptors (Lipinski definition) is 4. The van der Waals surface area contributed by atoms with Gasteiger partial charge in [-0.25, -0.2) is 8.42 Å². The second kappa shape index (κ2) is 6.78. The lowest BCUT2D eigenvalue weighted by molar-refractivity contribution is -0.137. The van der Waals surface area contributed by atoms with E-state index in [0.717, 1.165) is 24.3 Å². The van der Waals surface area contributed by atoms with Crippen LogP contribution in [0.2, 0.25) is 5.02 Å². The number of nitriles is 1. The number of halogens is 4. The second-order valence-electron chi connectivity index (χ2n) is 4.85. The summed E-state index contributed by atoms with van der Waals surface area (Å²) >= 11 is 5.86. The molecule has 0 aromatic heterocycles. The highest BCUT2D eigenvalue weighted by molar-refractivity contribution is 7.95. The molecule has 4 nitrogen and oxygen atoms in total. The lowest BCUT2D eigenvalue weighted by Gasteiger charge is -2.08. The van der Waals surface area contributed by atoms with E-state index < -0.39 is 31.4 Å². The summed E-state index contributed by atoms with van der Waals surface area (Å²) in [5, 5.41) is 18.4. The molecule has 0 aliphatic carbocycles. The van der Waals surface area contributed by atoms with Crippen molar-refractivity contribution in [1.29, 1.82) is 5.26 Å². The molecular formula is C16H9ClF3NO3S. The Morgan fingerprint density at radius 3 is 2.24 bits per heavy atom. The minimum absolute atomic E-state index is 0.00960. The van der Waals surface area contributed by atoms with Crippen LogP contribution in [0.5, 0.6) is 5.75 Å². The van der Waals surface area contributed by atoms with Gasteiger partial charge in [0.25, 0.3) is 0 Å². The molecule has 2 rings (SSSR count). The van der Waals surface area contributed by atoms with Crippen LogP contribution in [0.3, 0.4) is 0 Å². The first kappa shape index (κ1) is 18.8. The van der Waals surface area contributed by atoms with E-state index in [-0.39, 0.29) is 16.3 Å². The second-order valence-corrected chi connectivity index (χ2v) is 7.18. The molecule has 2 aromatic rings. The molecule has 0 aliphatic heterocycles. The van der Waals surface area contributed by atoms with Gasteiger partial charge in [0.2, 0.25) is 9.84 Å². The highest BCUT2D eigenvalue weighted by atomic mass is 35.5. The van der Waals surface area contributed by atoms with E-state index in [1.165, 1.54) is 18.2 Å². The number of aromatic hydroxyl groups is 1. The third-order valence-corrected chi connectivity index (χ3v) is 5.17. The fourth-order valence-corrected chi connectivity index (χ4v) is 3.27. The van der Waals surface area contributed by atoms with Crippen molar-refractivity contribution >= 4 is 27.5 Å². The van der Waals surface area contributed by atoms with E-state index in [0.29, 0.717) is 12.1 Å². The number of allylic oxidation sites excluding steroid dienone is 1. The minimum Gasteiger partial charge on any atom is -0.508 e. The molecule has 0 unspecified atom stereocenters. The Bertz CT molecular complexity index is 975. The van der Waals surface area contributed by atoms with Gasteiger partial charge < -0.3 is 5.11 Å². The lowest BCUT2D eigenvalue weighted by Crippen LogP contribution is -2.07. The topological polar surface area (TPSA) is 78.2 Å². The first-order chi connectivity index (χ1) is 11.6. The third-order valence-electron chi connectivity index (χ3n) is 3.16. The van der Waals surface area contributed by atoms with Crippen molar-refractivity contribution in [3.05, 3.63) is 63.5 Å². The summed E-state index contributed by atoms with van der Waals surface area (Å²) in [6.07, 6.45) is -3.62. The van der Waals surface area contributed by atoms with Crippen LogP contribution in [0.25, 0.3) is 6.08 Å². The Balaban J connectivity index is 2.49. The smallest absolute Gasteiger partial charge is 0.416 e. The molecule has 2 aromatic carbocycles. The van der Waals surface area contributed by atoms with Crippen LogP contribution in [-0.2, 0) is 16.0 Å². The molecule has 0 amide bonds. The van der Waals surface area contributed by atoms with Crippen LogP contribution in [0.15, 0.2) is 52.3 Å². The molecule has 0 spiro atoms. The largest absolute Gasteiger partial charge is 0.508 e. The lowest BCUT2D eigenvalue weighted by atomic mass is 10.2. The van der Waals surface area contributed by atoms with Crippen LogP contribution >= 0.6 is 11.6 Å². The van der Waals surface area contributed by atoms with Gasteiger partial charge in [-0.3, -0.25) is 0 Å². The Kier molecular flexibility index (Phi) is 5.11. The average molecular weight is 388 g/mol. The predicted molar refractivity (Wildman–Crippen MR) is 85.3 cm³/mol. The molecule has 1 N–H and O–H groups in total. The van der Waals surface area contributed by atoms with Gasteiger partial charge in [-0.05, 0) is 54.1 Å². The maximum Gasteiger partial charge on any atom is 0.416 e. The molecule has 0 fully saturated rings.